The average molecular weight is 239 g/mol. The summed E-state index contributed by atoms with van der Waals surface area (Å²) in [5.74, 6) is 0.125. The standard InChI is InChI=1S/C8H8Cl2O2S/c9-5-7-3-1-2-4-8(7)6-13(10,11)12/h1-4H,5-6H2. The van der Waals surface area contributed by atoms with Gasteiger partial charge in [-0.3, -0.25) is 0 Å². The minimum Gasteiger partial charge on any atom is -0.212 e. The zero-order valence-corrected chi connectivity index (χ0v) is 9.03. The fourth-order valence-electron chi connectivity index (χ4n) is 1.01. The van der Waals surface area contributed by atoms with Crippen LogP contribution >= 0.6 is 22.3 Å². The lowest BCUT2D eigenvalue weighted by Crippen LogP contribution is -1.98. The second-order valence-electron chi connectivity index (χ2n) is 2.59. The molecule has 0 unspecified atom stereocenters. The van der Waals surface area contributed by atoms with E-state index >= 15 is 0 Å². The maximum absolute atomic E-state index is 10.8. The summed E-state index contributed by atoms with van der Waals surface area (Å²) in [6, 6.07) is 7.05. The van der Waals surface area contributed by atoms with E-state index in [4.69, 9.17) is 22.3 Å². The van der Waals surface area contributed by atoms with Crippen molar-refractivity contribution in [3.8, 4) is 0 Å². The van der Waals surface area contributed by atoms with Gasteiger partial charge in [0.1, 0.15) is 0 Å². The Hall–Kier alpha value is -0.250. The predicted octanol–water partition coefficient (Wildman–Crippen LogP) is 2.49. The van der Waals surface area contributed by atoms with Crippen LogP contribution in [-0.2, 0) is 20.7 Å². The molecule has 5 heteroatoms. The Morgan fingerprint density at radius 1 is 1.15 bits per heavy atom. The maximum atomic E-state index is 10.8. The van der Waals surface area contributed by atoms with Gasteiger partial charge in [0, 0.05) is 16.6 Å². The number of benzene rings is 1. The largest absolute Gasteiger partial charge is 0.236 e. The van der Waals surface area contributed by atoms with Gasteiger partial charge in [0.05, 0.1) is 5.75 Å². The van der Waals surface area contributed by atoms with Crippen LogP contribution in [0, 0.1) is 0 Å². The Balaban J connectivity index is 3.01. The Bertz CT molecular complexity index is 387. The summed E-state index contributed by atoms with van der Waals surface area (Å²) in [7, 11) is 1.63. The molecule has 0 radical (unpaired) electrons. The Morgan fingerprint density at radius 2 is 1.69 bits per heavy atom. The molecule has 0 spiro atoms. The van der Waals surface area contributed by atoms with Crippen LogP contribution in [0.15, 0.2) is 24.3 Å². The van der Waals surface area contributed by atoms with Crippen molar-refractivity contribution in [3.63, 3.8) is 0 Å². The predicted molar refractivity (Wildman–Crippen MR) is 54.5 cm³/mol. The minimum absolute atomic E-state index is 0.169. The van der Waals surface area contributed by atoms with Gasteiger partial charge in [0.2, 0.25) is 9.05 Å². The zero-order valence-electron chi connectivity index (χ0n) is 6.70. The SMILES string of the molecule is O=S(=O)(Cl)Cc1ccccc1CCl. The van der Waals surface area contributed by atoms with Gasteiger partial charge < -0.3 is 0 Å². The number of hydrogen-bond donors (Lipinski definition) is 0. The molecule has 0 saturated carbocycles. The molecule has 0 saturated heterocycles. The first-order valence-electron chi connectivity index (χ1n) is 3.58. The van der Waals surface area contributed by atoms with Crippen LogP contribution in [0.3, 0.4) is 0 Å². The lowest BCUT2D eigenvalue weighted by Gasteiger charge is -2.03. The number of alkyl halides is 1. The molecule has 0 aliphatic heterocycles. The lowest BCUT2D eigenvalue weighted by atomic mass is 10.1. The maximum Gasteiger partial charge on any atom is 0.236 e. The van der Waals surface area contributed by atoms with E-state index in [1.54, 1.807) is 18.2 Å². The third-order valence-corrected chi connectivity index (χ3v) is 2.86. The van der Waals surface area contributed by atoms with Crippen LogP contribution in [0.2, 0.25) is 0 Å². The summed E-state index contributed by atoms with van der Waals surface area (Å²) in [5.41, 5.74) is 1.46. The molecule has 72 valence electrons. The van der Waals surface area contributed by atoms with Gasteiger partial charge in [0.15, 0.2) is 0 Å². The van der Waals surface area contributed by atoms with Crippen molar-refractivity contribution in [1.82, 2.24) is 0 Å². The van der Waals surface area contributed by atoms with E-state index in [9.17, 15) is 8.42 Å². The molecule has 0 aromatic heterocycles. The molecule has 0 aliphatic carbocycles. The summed E-state index contributed by atoms with van der Waals surface area (Å²) in [5, 5.41) is 0. The lowest BCUT2D eigenvalue weighted by molar-refractivity contribution is 0.608. The summed E-state index contributed by atoms with van der Waals surface area (Å²) < 4.78 is 21.6. The van der Waals surface area contributed by atoms with E-state index < -0.39 is 9.05 Å². The first kappa shape index (κ1) is 10.8. The Labute approximate surface area is 86.9 Å². The molecular weight excluding hydrogens is 231 g/mol. The van der Waals surface area contributed by atoms with Crippen LogP contribution in [0.1, 0.15) is 11.1 Å². The summed E-state index contributed by atoms with van der Waals surface area (Å²) in [6.45, 7) is 0. The van der Waals surface area contributed by atoms with E-state index in [1.807, 2.05) is 6.07 Å². The number of halogens is 2. The van der Waals surface area contributed by atoms with Crippen LogP contribution in [-0.4, -0.2) is 8.42 Å². The molecule has 1 aromatic carbocycles. The van der Waals surface area contributed by atoms with E-state index in [1.165, 1.54) is 0 Å². The van der Waals surface area contributed by atoms with E-state index in [-0.39, 0.29) is 5.75 Å². The van der Waals surface area contributed by atoms with Crippen molar-refractivity contribution in [2.75, 3.05) is 0 Å². The topological polar surface area (TPSA) is 34.1 Å². The second-order valence-corrected chi connectivity index (χ2v) is 5.63. The molecule has 1 rings (SSSR count). The highest BCUT2D eigenvalue weighted by molar-refractivity contribution is 8.13. The third-order valence-electron chi connectivity index (χ3n) is 1.59. The molecule has 0 N–H and O–H groups in total. The number of rotatable bonds is 3. The zero-order chi connectivity index (χ0) is 9.90. The van der Waals surface area contributed by atoms with Crippen molar-refractivity contribution in [1.29, 1.82) is 0 Å². The van der Waals surface area contributed by atoms with Gasteiger partial charge in [-0.15, -0.1) is 11.6 Å². The molecule has 0 aliphatic rings. The first-order chi connectivity index (χ1) is 6.03. The third kappa shape index (κ3) is 3.55. The molecule has 2 nitrogen and oxygen atoms in total. The Kier molecular flexibility index (Phi) is 3.59. The molecule has 0 atom stereocenters. The Morgan fingerprint density at radius 3 is 2.15 bits per heavy atom. The van der Waals surface area contributed by atoms with E-state index in [0.29, 0.717) is 11.4 Å². The van der Waals surface area contributed by atoms with Gasteiger partial charge >= 0.3 is 0 Å². The van der Waals surface area contributed by atoms with Gasteiger partial charge in [-0.25, -0.2) is 8.42 Å². The molecule has 13 heavy (non-hydrogen) atoms. The van der Waals surface area contributed by atoms with E-state index in [0.717, 1.165) is 5.56 Å². The van der Waals surface area contributed by atoms with Gasteiger partial charge in [-0.2, -0.15) is 0 Å². The highest BCUT2D eigenvalue weighted by Crippen LogP contribution is 2.16. The molecular formula is C8H8Cl2O2S. The first-order valence-corrected chi connectivity index (χ1v) is 6.59. The molecule has 1 aromatic rings. The quantitative estimate of drug-likeness (QED) is 0.599. The summed E-state index contributed by atoms with van der Waals surface area (Å²) in [6.07, 6.45) is 0. The van der Waals surface area contributed by atoms with Crippen molar-refractivity contribution >= 4 is 31.3 Å². The van der Waals surface area contributed by atoms with Crippen LogP contribution in [0.5, 0.6) is 0 Å². The van der Waals surface area contributed by atoms with Crippen molar-refractivity contribution in [2.45, 2.75) is 11.6 Å². The highest BCUT2D eigenvalue weighted by atomic mass is 35.7. The summed E-state index contributed by atoms with van der Waals surface area (Å²) >= 11 is 5.62. The van der Waals surface area contributed by atoms with Gasteiger partial charge in [-0.1, -0.05) is 24.3 Å². The average Bonchev–Trinajstić information content (AvgIpc) is 2.02. The monoisotopic (exact) mass is 238 g/mol. The smallest absolute Gasteiger partial charge is 0.212 e. The van der Waals surface area contributed by atoms with Gasteiger partial charge in [0.25, 0.3) is 0 Å². The number of hydrogen-bond acceptors (Lipinski definition) is 2. The van der Waals surface area contributed by atoms with Gasteiger partial charge in [-0.05, 0) is 11.1 Å². The fourth-order valence-corrected chi connectivity index (χ4v) is 2.28. The van der Waals surface area contributed by atoms with Crippen LogP contribution in [0.25, 0.3) is 0 Å². The van der Waals surface area contributed by atoms with Crippen LogP contribution in [0.4, 0.5) is 0 Å². The normalized spacial score (nSPS) is 11.5. The van der Waals surface area contributed by atoms with Crippen molar-refractivity contribution < 1.29 is 8.42 Å². The summed E-state index contributed by atoms with van der Waals surface area (Å²) in [4.78, 5) is 0. The molecule has 0 fully saturated rings. The van der Waals surface area contributed by atoms with Crippen molar-refractivity contribution in [2.24, 2.45) is 0 Å². The van der Waals surface area contributed by atoms with E-state index in [2.05, 4.69) is 0 Å². The molecule has 0 heterocycles. The minimum atomic E-state index is -3.50. The van der Waals surface area contributed by atoms with Crippen molar-refractivity contribution in [3.05, 3.63) is 35.4 Å². The molecule has 0 bridgehead atoms. The molecule has 0 amide bonds. The highest BCUT2D eigenvalue weighted by Gasteiger charge is 2.09. The second kappa shape index (κ2) is 4.31. The fraction of sp³-hybridized carbons (Fsp3) is 0.250. The van der Waals surface area contributed by atoms with Crippen LogP contribution < -0.4 is 0 Å².